The van der Waals surface area contributed by atoms with Crippen molar-refractivity contribution in [2.75, 3.05) is 13.7 Å². The lowest BCUT2D eigenvalue weighted by Gasteiger charge is -2.39. The van der Waals surface area contributed by atoms with E-state index < -0.39 is 23.3 Å². The van der Waals surface area contributed by atoms with Gasteiger partial charge < -0.3 is 20.3 Å². The lowest BCUT2D eigenvalue weighted by atomic mass is 9.77. The second kappa shape index (κ2) is 11.1. The van der Waals surface area contributed by atoms with E-state index in [1.807, 2.05) is 13.8 Å². The zero-order chi connectivity index (χ0) is 21.3. The second-order valence-electron chi connectivity index (χ2n) is 7.41. The summed E-state index contributed by atoms with van der Waals surface area (Å²) in [4.78, 5) is 11.3. The van der Waals surface area contributed by atoms with Gasteiger partial charge in [0.2, 0.25) is 0 Å². The molecule has 1 unspecified atom stereocenters. The predicted molar refractivity (Wildman–Crippen MR) is 109 cm³/mol. The molecule has 0 aromatic heterocycles. The van der Waals surface area contributed by atoms with Crippen LogP contribution in [-0.2, 0) is 11.2 Å². The molecule has 0 amide bonds. The molecule has 5 nitrogen and oxygen atoms in total. The summed E-state index contributed by atoms with van der Waals surface area (Å²) < 4.78 is 25.5. The van der Waals surface area contributed by atoms with Crippen LogP contribution in [0.25, 0.3) is 0 Å². The molecule has 28 heavy (non-hydrogen) atoms. The van der Waals surface area contributed by atoms with Gasteiger partial charge in [-0.25, -0.2) is 4.39 Å². The molecule has 1 aromatic rings. The standard InChI is InChI=1S/C22H34FNO4/c1-6-8-18(11-17(14-24)15(3)23)22(4,7-2)28-20-13-19(27-5)10-9-16(20)12-21(25)26/h9-10,13,17-18H,3,6-8,11-12,14,24H2,1-2,4-5H3,(H,25,26)/t17?,18-,22-/m0/s1. The smallest absolute Gasteiger partial charge is 0.307 e. The maximum Gasteiger partial charge on any atom is 0.307 e. The van der Waals surface area contributed by atoms with E-state index >= 15 is 0 Å². The van der Waals surface area contributed by atoms with Gasteiger partial charge in [0.15, 0.2) is 0 Å². The first-order valence-electron chi connectivity index (χ1n) is 9.82. The topological polar surface area (TPSA) is 81.8 Å². The molecule has 0 spiro atoms. The summed E-state index contributed by atoms with van der Waals surface area (Å²) >= 11 is 0. The monoisotopic (exact) mass is 395 g/mol. The summed E-state index contributed by atoms with van der Waals surface area (Å²) in [6, 6.07) is 5.14. The van der Waals surface area contributed by atoms with E-state index in [4.69, 9.17) is 15.2 Å². The van der Waals surface area contributed by atoms with E-state index in [-0.39, 0.29) is 18.9 Å². The van der Waals surface area contributed by atoms with E-state index in [2.05, 4.69) is 13.5 Å². The Balaban J connectivity index is 3.26. The number of ether oxygens (including phenoxy) is 2. The molecule has 0 saturated heterocycles. The molecule has 6 heteroatoms. The molecule has 0 aliphatic rings. The van der Waals surface area contributed by atoms with Crippen LogP contribution in [0.2, 0.25) is 0 Å². The molecule has 0 bridgehead atoms. The van der Waals surface area contributed by atoms with Gasteiger partial charge in [-0.2, -0.15) is 0 Å². The van der Waals surface area contributed by atoms with Crippen molar-refractivity contribution in [1.29, 1.82) is 0 Å². The number of hydrogen-bond donors (Lipinski definition) is 2. The number of aliphatic carboxylic acids is 1. The molecule has 0 heterocycles. The van der Waals surface area contributed by atoms with Gasteiger partial charge in [-0.1, -0.05) is 32.9 Å². The highest BCUT2D eigenvalue weighted by Gasteiger charge is 2.37. The zero-order valence-corrected chi connectivity index (χ0v) is 17.5. The Labute approximate surface area is 167 Å². The van der Waals surface area contributed by atoms with Crippen LogP contribution >= 0.6 is 0 Å². The third-order valence-electron chi connectivity index (χ3n) is 5.46. The van der Waals surface area contributed by atoms with Gasteiger partial charge in [-0.05, 0) is 38.2 Å². The van der Waals surface area contributed by atoms with Crippen LogP contribution in [0, 0.1) is 11.8 Å². The van der Waals surface area contributed by atoms with E-state index in [0.29, 0.717) is 29.9 Å². The van der Waals surface area contributed by atoms with E-state index in [1.54, 1.807) is 25.3 Å². The first kappa shape index (κ1) is 24.0. The van der Waals surface area contributed by atoms with Gasteiger partial charge in [0, 0.05) is 24.1 Å². The Bertz CT molecular complexity index is 664. The summed E-state index contributed by atoms with van der Waals surface area (Å²) in [5, 5.41) is 9.23. The fourth-order valence-electron chi connectivity index (χ4n) is 3.48. The number of carbonyl (C=O) groups is 1. The number of methoxy groups -OCH3 is 1. The minimum Gasteiger partial charge on any atom is -0.497 e. The van der Waals surface area contributed by atoms with E-state index in [9.17, 15) is 14.3 Å². The largest absolute Gasteiger partial charge is 0.497 e. The third kappa shape index (κ3) is 6.51. The summed E-state index contributed by atoms with van der Waals surface area (Å²) in [5.41, 5.74) is 5.71. The number of carboxylic acid groups (broad SMARTS) is 1. The van der Waals surface area contributed by atoms with Gasteiger partial charge in [-0.3, -0.25) is 4.79 Å². The Morgan fingerprint density at radius 1 is 1.39 bits per heavy atom. The summed E-state index contributed by atoms with van der Waals surface area (Å²) in [7, 11) is 1.55. The molecule has 1 aromatic carbocycles. The molecule has 3 atom stereocenters. The molecular weight excluding hydrogens is 361 g/mol. The lowest BCUT2D eigenvalue weighted by Crippen LogP contribution is -2.42. The second-order valence-corrected chi connectivity index (χ2v) is 7.41. The van der Waals surface area contributed by atoms with Gasteiger partial charge in [0.25, 0.3) is 0 Å². The predicted octanol–water partition coefficient (Wildman–Crippen LogP) is 4.73. The van der Waals surface area contributed by atoms with Crippen molar-refractivity contribution in [3.63, 3.8) is 0 Å². The molecule has 158 valence electrons. The van der Waals surface area contributed by atoms with E-state index in [1.165, 1.54) is 0 Å². The Kier molecular flexibility index (Phi) is 9.46. The van der Waals surface area contributed by atoms with Gasteiger partial charge >= 0.3 is 5.97 Å². The fourth-order valence-corrected chi connectivity index (χ4v) is 3.48. The van der Waals surface area contributed by atoms with Crippen molar-refractivity contribution in [3.05, 3.63) is 36.2 Å². The quantitative estimate of drug-likeness (QED) is 0.504. The average molecular weight is 396 g/mol. The summed E-state index contributed by atoms with van der Waals surface area (Å²) in [5.74, 6) is -0.658. The maximum absolute atomic E-state index is 13.8. The van der Waals surface area contributed by atoms with Crippen molar-refractivity contribution in [2.45, 2.75) is 58.5 Å². The number of benzene rings is 1. The van der Waals surface area contributed by atoms with Gasteiger partial charge in [-0.15, -0.1) is 0 Å². The molecule has 0 aliphatic heterocycles. The Hall–Kier alpha value is -2.08. The fraction of sp³-hybridized carbons (Fsp3) is 0.591. The Morgan fingerprint density at radius 3 is 2.54 bits per heavy atom. The van der Waals surface area contributed by atoms with Crippen LogP contribution in [-0.4, -0.2) is 30.3 Å². The normalized spacial score (nSPS) is 15.4. The van der Waals surface area contributed by atoms with Crippen LogP contribution in [0.3, 0.4) is 0 Å². The van der Waals surface area contributed by atoms with Crippen LogP contribution in [0.5, 0.6) is 11.5 Å². The highest BCUT2D eigenvalue weighted by atomic mass is 19.1. The molecule has 1 rings (SSSR count). The van der Waals surface area contributed by atoms with Gasteiger partial charge in [0.1, 0.15) is 17.1 Å². The van der Waals surface area contributed by atoms with Crippen LogP contribution in [0.15, 0.2) is 30.6 Å². The Morgan fingerprint density at radius 2 is 2.07 bits per heavy atom. The highest BCUT2D eigenvalue weighted by Crippen LogP contribution is 2.38. The number of carboxylic acids is 1. The van der Waals surface area contributed by atoms with Crippen molar-refractivity contribution < 1.29 is 23.8 Å². The van der Waals surface area contributed by atoms with Crippen molar-refractivity contribution >= 4 is 5.97 Å². The zero-order valence-electron chi connectivity index (χ0n) is 17.5. The first-order chi connectivity index (χ1) is 13.2. The van der Waals surface area contributed by atoms with Crippen LogP contribution in [0.1, 0.15) is 52.0 Å². The number of hydrogen-bond acceptors (Lipinski definition) is 4. The minimum absolute atomic E-state index is 0.0347. The molecule has 0 aliphatic carbocycles. The summed E-state index contributed by atoms with van der Waals surface area (Å²) in [6.07, 6.45) is 2.82. The van der Waals surface area contributed by atoms with Crippen molar-refractivity contribution in [1.82, 2.24) is 0 Å². The average Bonchev–Trinajstić information content (AvgIpc) is 2.65. The first-order valence-corrected chi connectivity index (χ1v) is 9.82. The maximum atomic E-state index is 13.8. The van der Waals surface area contributed by atoms with Crippen LogP contribution < -0.4 is 15.2 Å². The molecular formula is C22H34FNO4. The third-order valence-corrected chi connectivity index (χ3v) is 5.46. The minimum atomic E-state index is -0.935. The molecule has 3 N–H and O–H groups in total. The highest BCUT2D eigenvalue weighted by molar-refractivity contribution is 5.71. The molecule has 0 fully saturated rings. The van der Waals surface area contributed by atoms with Gasteiger partial charge in [0.05, 0.1) is 19.4 Å². The van der Waals surface area contributed by atoms with Crippen molar-refractivity contribution in [3.8, 4) is 11.5 Å². The number of halogens is 1. The molecule has 0 saturated carbocycles. The lowest BCUT2D eigenvalue weighted by molar-refractivity contribution is -0.136. The summed E-state index contributed by atoms with van der Waals surface area (Å²) in [6.45, 7) is 9.71. The number of nitrogens with two attached hydrogens (primary N) is 1. The van der Waals surface area contributed by atoms with Crippen molar-refractivity contribution in [2.24, 2.45) is 17.6 Å². The van der Waals surface area contributed by atoms with E-state index in [0.717, 1.165) is 12.8 Å². The SMILES string of the molecule is C=C(F)C(CN)C[C@H](CCC)[C@](C)(CC)Oc1cc(OC)ccc1CC(=O)O. The van der Waals surface area contributed by atoms with Crippen LogP contribution in [0.4, 0.5) is 4.39 Å². The molecule has 0 radical (unpaired) electrons. The number of rotatable bonds is 13.